The summed E-state index contributed by atoms with van der Waals surface area (Å²) in [7, 11) is 0. The van der Waals surface area contributed by atoms with Gasteiger partial charge in [0, 0.05) is 16.6 Å². The van der Waals surface area contributed by atoms with Crippen LogP contribution in [-0.4, -0.2) is 16.1 Å². The Kier molecular flexibility index (Phi) is 4.03. The summed E-state index contributed by atoms with van der Waals surface area (Å²) in [5, 5.41) is 4.59. The highest BCUT2D eigenvalue weighted by molar-refractivity contribution is 9.11. The fourth-order valence-corrected chi connectivity index (χ4v) is 3.96. The van der Waals surface area contributed by atoms with Crippen LogP contribution in [0.15, 0.2) is 46.4 Å². The highest BCUT2D eigenvalue weighted by atomic mass is 79.9. The number of thiophene rings is 1. The van der Waals surface area contributed by atoms with E-state index >= 15 is 0 Å². The van der Waals surface area contributed by atoms with Crippen molar-refractivity contribution in [2.75, 3.05) is 0 Å². The molecule has 3 rings (SSSR count). The Bertz CT molecular complexity index is 777. The SMILES string of the molecule is Cc1sc(Br)cc1-c1nn(Cc2ccccc2)cc1C=O. The van der Waals surface area contributed by atoms with E-state index < -0.39 is 0 Å². The van der Waals surface area contributed by atoms with Crippen molar-refractivity contribution in [1.82, 2.24) is 9.78 Å². The molecule has 0 aliphatic rings. The minimum absolute atomic E-state index is 0.624. The maximum Gasteiger partial charge on any atom is 0.153 e. The van der Waals surface area contributed by atoms with Crippen molar-refractivity contribution >= 4 is 33.6 Å². The van der Waals surface area contributed by atoms with E-state index in [2.05, 4.69) is 21.0 Å². The first-order valence-electron chi connectivity index (χ1n) is 6.50. The number of nitrogens with zero attached hydrogens (tertiary/aromatic N) is 2. The van der Waals surface area contributed by atoms with Gasteiger partial charge >= 0.3 is 0 Å². The van der Waals surface area contributed by atoms with E-state index in [1.165, 1.54) is 0 Å². The van der Waals surface area contributed by atoms with Crippen LogP contribution in [-0.2, 0) is 6.54 Å². The maximum absolute atomic E-state index is 11.3. The second-order valence-corrected chi connectivity index (χ2v) is 7.39. The van der Waals surface area contributed by atoms with E-state index in [-0.39, 0.29) is 0 Å². The van der Waals surface area contributed by atoms with Crippen molar-refractivity contribution in [1.29, 1.82) is 0 Å². The minimum atomic E-state index is 0.624. The number of carbonyl (C=O) groups is 1. The quantitative estimate of drug-likeness (QED) is 0.640. The summed E-state index contributed by atoms with van der Waals surface area (Å²) < 4.78 is 2.86. The lowest BCUT2D eigenvalue weighted by Crippen LogP contribution is -2.00. The first-order valence-corrected chi connectivity index (χ1v) is 8.11. The average Bonchev–Trinajstić information content (AvgIpc) is 3.02. The third kappa shape index (κ3) is 2.99. The molecule has 106 valence electrons. The van der Waals surface area contributed by atoms with Crippen molar-refractivity contribution in [2.45, 2.75) is 13.5 Å². The fraction of sp³-hybridized carbons (Fsp3) is 0.125. The molecule has 0 atom stereocenters. The molecule has 1 aromatic carbocycles. The van der Waals surface area contributed by atoms with Crippen LogP contribution in [0.2, 0.25) is 0 Å². The summed E-state index contributed by atoms with van der Waals surface area (Å²) in [4.78, 5) is 12.5. The van der Waals surface area contributed by atoms with Crippen LogP contribution < -0.4 is 0 Å². The molecule has 21 heavy (non-hydrogen) atoms. The highest BCUT2D eigenvalue weighted by Crippen LogP contribution is 2.34. The molecule has 0 bridgehead atoms. The van der Waals surface area contributed by atoms with Crippen molar-refractivity contribution < 1.29 is 4.79 Å². The Morgan fingerprint density at radius 1 is 1.33 bits per heavy atom. The van der Waals surface area contributed by atoms with Crippen molar-refractivity contribution in [3.63, 3.8) is 0 Å². The summed E-state index contributed by atoms with van der Waals surface area (Å²) in [5.74, 6) is 0. The molecule has 0 spiro atoms. The molecule has 0 amide bonds. The standard InChI is InChI=1S/C16H13BrN2OS/c1-11-14(7-15(17)21-11)16-13(10-20)9-19(18-16)8-12-5-3-2-4-6-12/h2-7,9-10H,8H2,1H3. The lowest BCUT2D eigenvalue weighted by molar-refractivity contribution is 0.112. The zero-order valence-electron chi connectivity index (χ0n) is 11.4. The normalized spacial score (nSPS) is 10.8. The average molecular weight is 361 g/mol. The van der Waals surface area contributed by atoms with Crippen LogP contribution in [0.5, 0.6) is 0 Å². The molecule has 2 heterocycles. The van der Waals surface area contributed by atoms with Gasteiger partial charge in [-0.25, -0.2) is 0 Å². The Hall–Kier alpha value is -1.72. The molecule has 5 heteroatoms. The number of aldehydes is 1. The first-order chi connectivity index (χ1) is 10.2. The fourth-order valence-electron chi connectivity index (χ4n) is 2.26. The number of aromatic nitrogens is 2. The van der Waals surface area contributed by atoms with E-state index in [1.807, 2.05) is 48.0 Å². The molecule has 3 nitrogen and oxygen atoms in total. The maximum atomic E-state index is 11.3. The summed E-state index contributed by atoms with van der Waals surface area (Å²) in [6.45, 7) is 2.70. The summed E-state index contributed by atoms with van der Waals surface area (Å²) in [6.07, 6.45) is 2.68. The van der Waals surface area contributed by atoms with Gasteiger partial charge in [0.15, 0.2) is 6.29 Å². The number of benzene rings is 1. The van der Waals surface area contributed by atoms with E-state index in [0.717, 1.165) is 31.8 Å². The van der Waals surface area contributed by atoms with Gasteiger partial charge in [-0.15, -0.1) is 11.3 Å². The van der Waals surface area contributed by atoms with Crippen molar-refractivity contribution in [3.8, 4) is 11.3 Å². The number of halogens is 1. The first kappa shape index (κ1) is 14.2. The zero-order valence-corrected chi connectivity index (χ0v) is 13.8. The predicted molar refractivity (Wildman–Crippen MR) is 88.9 cm³/mol. The van der Waals surface area contributed by atoms with Gasteiger partial charge in [0.05, 0.1) is 15.9 Å². The van der Waals surface area contributed by atoms with Gasteiger partial charge < -0.3 is 0 Å². The van der Waals surface area contributed by atoms with Crippen LogP contribution in [0, 0.1) is 6.92 Å². The number of aryl methyl sites for hydroxylation is 1. The molecular weight excluding hydrogens is 348 g/mol. The number of rotatable bonds is 4. The monoisotopic (exact) mass is 360 g/mol. The third-order valence-electron chi connectivity index (χ3n) is 3.25. The van der Waals surface area contributed by atoms with E-state index in [9.17, 15) is 4.79 Å². The zero-order chi connectivity index (χ0) is 14.8. The van der Waals surface area contributed by atoms with Gasteiger partial charge in [-0.2, -0.15) is 5.10 Å². The van der Waals surface area contributed by atoms with Crippen LogP contribution in [0.25, 0.3) is 11.3 Å². The molecule has 0 saturated heterocycles. The van der Waals surface area contributed by atoms with Gasteiger partial charge in [-0.05, 0) is 34.5 Å². The minimum Gasteiger partial charge on any atom is -0.298 e. The molecule has 0 aliphatic carbocycles. The third-order valence-corrected chi connectivity index (χ3v) is 4.80. The molecule has 0 unspecified atom stereocenters. The van der Waals surface area contributed by atoms with Crippen LogP contribution >= 0.6 is 27.3 Å². The van der Waals surface area contributed by atoms with Gasteiger partial charge in [-0.1, -0.05) is 30.3 Å². The number of carbonyl (C=O) groups excluding carboxylic acids is 1. The summed E-state index contributed by atoms with van der Waals surface area (Å²) >= 11 is 5.13. The van der Waals surface area contributed by atoms with Gasteiger partial charge in [0.2, 0.25) is 0 Å². The highest BCUT2D eigenvalue weighted by Gasteiger charge is 2.15. The topological polar surface area (TPSA) is 34.9 Å². The van der Waals surface area contributed by atoms with E-state index in [1.54, 1.807) is 17.5 Å². The molecule has 0 N–H and O–H groups in total. The predicted octanol–water partition coefficient (Wildman–Crippen LogP) is 4.54. The molecule has 0 radical (unpaired) electrons. The van der Waals surface area contributed by atoms with Gasteiger partial charge in [0.25, 0.3) is 0 Å². The van der Waals surface area contributed by atoms with Crippen molar-refractivity contribution in [3.05, 3.63) is 62.4 Å². The summed E-state index contributed by atoms with van der Waals surface area (Å²) in [5.41, 5.74) is 3.55. The lowest BCUT2D eigenvalue weighted by Gasteiger charge is -2.01. The van der Waals surface area contributed by atoms with Crippen LogP contribution in [0.1, 0.15) is 20.8 Å². The Morgan fingerprint density at radius 2 is 2.10 bits per heavy atom. The van der Waals surface area contributed by atoms with Gasteiger partial charge in [-0.3, -0.25) is 9.48 Å². The smallest absolute Gasteiger partial charge is 0.153 e. The molecule has 2 aromatic heterocycles. The Morgan fingerprint density at radius 3 is 2.71 bits per heavy atom. The Balaban J connectivity index is 1.99. The lowest BCUT2D eigenvalue weighted by atomic mass is 10.1. The second kappa shape index (κ2) is 5.95. The molecule has 0 fully saturated rings. The van der Waals surface area contributed by atoms with Gasteiger partial charge in [0.1, 0.15) is 5.69 Å². The number of hydrogen-bond acceptors (Lipinski definition) is 3. The molecular formula is C16H13BrN2OS. The van der Waals surface area contributed by atoms with E-state index in [0.29, 0.717) is 12.1 Å². The largest absolute Gasteiger partial charge is 0.298 e. The second-order valence-electron chi connectivity index (χ2n) is 4.75. The summed E-state index contributed by atoms with van der Waals surface area (Å²) in [6, 6.07) is 12.1. The van der Waals surface area contributed by atoms with Crippen LogP contribution in [0.4, 0.5) is 0 Å². The molecule has 0 saturated carbocycles. The molecule has 0 aliphatic heterocycles. The number of hydrogen-bond donors (Lipinski definition) is 0. The van der Waals surface area contributed by atoms with Crippen LogP contribution in [0.3, 0.4) is 0 Å². The molecule has 3 aromatic rings. The van der Waals surface area contributed by atoms with Crippen molar-refractivity contribution in [2.24, 2.45) is 0 Å². The Labute approximate surface area is 135 Å². The van der Waals surface area contributed by atoms with E-state index in [4.69, 9.17) is 0 Å².